The number of hydrogen-bond donors (Lipinski definition) is 0. The van der Waals surface area contributed by atoms with Crippen LogP contribution in [0.5, 0.6) is 0 Å². The van der Waals surface area contributed by atoms with Crippen LogP contribution in [0.1, 0.15) is 37.5 Å². The second-order valence-corrected chi connectivity index (χ2v) is 8.69. The van der Waals surface area contributed by atoms with Crippen LogP contribution >= 0.6 is 0 Å². The molecule has 0 amide bonds. The molecule has 0 N–H and O–H groups in total. The summed E-state index contributed by atoms with van der Waals surface area (Å²) >= 11 is 0. The maximum Gasteiger partial charge on any atom is 0.0741 e. The highest BCUT2D eigenvalue weighted by Crippen LogP contribution is 2.39. The average Bonchev–Trinajstić information content (AvgIpc) is 2.71. The molecule has 0 aliphatic heterocycles. The molecule has 1 aliphatic carbocycles. The molecule has 1 aliphatic rings. The second kappa shape index (κ2) is 6.27. The Bertz CT molecular complexity index is 1200. The molecule has 0 bridgehead atoms. The molecular weight excluding hydrogens is 340 g/mol. The number of benzene rings is 2. The first-order valence-corrected chi connectivity index (χ1v) is 9.98. The Kier molecular flexibility index (Phi) is 3.83. The second-order valence-electron chi connectivity index (χ2n) is 8.69. The molecule has 4 aromatic rings. The molecule has 138 valence electrons. The fourth-order valence-electron chi connectivity index (χ4n) is 4.43. The van der Waals surface area contributed by atoms with E-state index in [1.54, 1.807) is 0 Å². The van der Waals surface area contributed by atoms with Gasteiger partial charge in [-0.2, -0.15) is 0 Å². The van der Waals surface area contributed by atoms with Crippen LogP contribution in [0, 0.1) is 0 Å². The first kappa shape index (κ1) is 17.1. The zero-order valence-corrected chi connectivity index (χ0v) is 16.7. The Morgan fingerprint density at radius 3 is 2.46 bits per heavy atom. The van der Waals surface area contributed by atoms with Gasteiger partial charge >= 0.3 is 0 Å². The number of pyridine rings is 2. The monoisotopic (exact) mass is 364 g/mol. The van der Waals surface area contributed by atoms with Gasteiger partial charge in [0.25, 0.3) is 0 Å². The molecule has 28 heavy (non-hydrogen) atoms. The molecule has 2 aromatic heterocycles. The number of hydrogen-bond acceptors (Lipinski definition) is 2. The van der Waals surface area contributed by atoms with Gasteiger partial charge in [-0.05, 0) is 70.0 Å². The van der Waals surface area contributed by atoms with Gasteiger partial charge in [-0.15, -0.1) is 0 Å². The van der Waals surface area contributed by atoms with Gasteiger partial charge in [-0.3, -0.25) is 9.97 Å². The van der Waals surface area contributed by atoms with E-state index in [1.807, 2.05) is 18.5 Å². The third kappa shape index (κ3) is 2.72. The third-order valence-electron chi connectivity index (χ3n) is 5.79. The summed E-state index contributed by atoms with van der Waals surface area (Å²) in [6, 6.07) is 19.7. The fraction of sp³-hybridized carbons (Fsp3) is 0.231. The van der Waals surface area contributed by atoms with Crippen molar-refractivity contribution in [1.82, 2.24) is 9.97 Å². The molecule has 2 heterocycles. The average molecular weight is 364 g/mol. The maximum atomic E-state index is 4.84. The van der Waals surface area contributed by atoms with Crippen molar-refractivity contribution in [2.75, 3.05) is 0 Å². The first-order chi connectivity index (χ1) is 13.5. The van der Waals surface area contributed by atoms with Gasteiger partial charge in [0.05, 0.1) is 11.4 Å². The quantitative estimate of drug-likeness (QED) is 0.393. The zero-order valence-electron chi connectivity index (χ0n) is 16.7. The van der Waals surface area contributed by atoms with E-state index < -0.39 is 0 Å². The number of aromatic nitrogens is 2. The van der Waals surface area contributed by atoms with Crippen molar-refractivity contribution < 1.29 is 0 Å². The van der Waals surface area contributed by atoms with Gasteiger partial charge in [0.15, 0.2) is 0 Å². The number of aryl methyl sites for hydroxylation is 1. The Morgan fingerprint density at radius 1 is 0.786 bits per heavy atom. The summed E-state index contributed by atoms with van der Waals surface area (Å²) in [5, 5.41) is 2.61. The number of fused-ring (bicyclic) bond motifs is 4. The van der Waals surface area contributed by atoms with E-state index in [1.165, 1.54) is 38.6 Å². The van der Waals surface area contributed by atoms with Crippen molar-refractivity contribution in [3.8, 4) is 22.5 Å². The highest BCUT2D eigenvalue weighted by Gasteiger charge is 2.23. The Hall–Kier alpha value is -3.00. The summed E-state index contributed by atoms with van der Waals surface area (Å²) in [6.45, 7) is 6.85. The van der Waals surface area contributed by atoms with Gasteiger partial charge in [0.1, 0.15) is 0 Å². The van der Waals surface area contributed by atoms with Crippen LogP contribution in [0.4, 0.5) is 0 Å². The van der Waals surface area contributed by atoms with E-state index >= 15 is 0 Å². The SMILES string of the molecule is CC(C)(C)c1cc(-c2nccc3c2CCc2cccnc2-3)cc2ccccc12. The highest BCUT2D eigenvalue weighted by atomic mass is 14.7. The van der Waals surface area contributed by atoms with E-state index in [2.05, 4.69) is 74.3 Å². The molecule has 2 nitrogen and oxygen atoms in total. The summed E-state index contributed by atoms with van der Waals surface area (Å²) in [5.74, 6) is 0. The van der Waals surface area contributed by atoms with Crippen molar-refractivity contribution in [3.05, 3.63) is 83.7 Å². The van der Waals surface area contributed by atoms with E-state index in [-0.39, 0.29) is 5.41 Å². The third-order valence-corrected chi connectivity index (χ3v) is 5.79. The Balaban J connectivity index is 1.77. The minimum Gasteiger partial charge on any atom is -0.256 e. The summed E-state index contributed by atoms with van der Waals surface area (Å²) in [7, 11) is 0. The lowest BCUT2D eigenvalue weighted by Crippen LogP contribution is -2.12. The largest absolute Gasteiger partial charge is 0.256 e. The molecule has 5 rings (SSSR count). The zero-order chi connectivity index (χ0) is 19.3. The lowest BCUT2D eigenvalue weighted by Gasteiger charge is -2.24. The van der Waals surface area contributed by atoms with E-state index in [0.29, 0.717) is 0 Å². The summed E-state index contributed by atoms with van der Waals surface area (Å²) in [6.07, 6.45) is 5.86. The molecule has 0 fully saturated rings. The number of rotatable bonds is 1. The molecular formula is C26H24N2. The fourth-order valence-corrected chi connectivity index (χ4v) is 4.43. The molecule has 0 saturated carbocycles. The molecule has 0 atom stereocenters. The van der Waals surface area contributed by atoms with Crippen molar-refractivity contribution in [2.45, 2.75) is 39.0 Å². The topological polar surface area (TPSA) is 25.8 Å². The standard InChI is InChI=1S/C26H24N2/c1-26(2,3)23-16-19(15-18-7-4-5-9-20(18)23)25-21-11-10-17-8-6-13-27-24(17)22(21)12-14-28-25/h4-9,12-16H,10-11H2,1-3H3. The molecule has 0 saturated heterocycles. The molecule has 0 radical (unpaired) electrons. The predicted molar refractivity (Wildman–Crippen MR) is 117 cm³/mol. The van der Waals surface area contributed by atoms with E-state index in [4.69, 9.17) is 4.98 Å². The normalized spacial score (nSPS) is 13.2. The molecule has 2 heteroatoms. The van der Waals surface area contributed by atoms with Crippen LogP contribution in [-0.2, 0) is 18.3 Å². The van der Waals surface area contributed by atoms with Crippen molar-refractivity contribution in [1.29, 1.82) is 0 Å². The Labute approximate surface area is 166 Å². The smallest absolute Gasteiger partial charge is 0.0741 e. The van der Waals surface area contributed by atoms with Crippen LogP contribution in [-0.4, -0.2) is 9.97 Å². The van der Waals surface area contributed by atoms with Crippen LogP contribution in [0.25, 0.3) is 33.3 Å². The lowest BCUT2D eigenvalue weighted by atomic mass is 9.81. The van der Waals surface area contributed by atoms with Gasteiger partial charge in [0, 0.05) is 23.5 Å². The van der Waals surface area contributed by atoms with Crippen LogP contribution in [0.2, 0.25) is 0 Å². The van der Waals surface area contributed by atoms with Gasteiger partial charge in [0.2, 0.25) is 0 Å². The van der Waals surface area contributed by atoms with E-state index in [9.17, 15) is 0 Å². The summed E-state index contributed by atoms with van der Waals surface area (Å²) in [5.41, 5.74) is 8.75. The maximum absolute atomic E-state index is 4.84. The molecule has 0 spiro atoms. The highest BCUT2D eigenvalue weighted by molar-refractivity contribution is 5.92. The van der Waals surface area contributed by atoms with Gasteiger partial charge in [-0.25, -0.2) is 0 Å². The van der Waals surface area contributed by atoms with Crippen LogP contribution in [0.3, 0.4) is 0 Å². The van der Waals surface area contributed by atoms with Crippen molar-refractivity contribution in [3.63, 3.8) is 0 Å². The predicted octanol–water partition coefficient (Wildman–Crippen LogP) is 6.36. The van der Waals surface area contributed by atoms with E-state index in [0.717, 1.165) is 24.2 Å². The van der Waals surface area contributed by atoms with Crippen molar-refractivity contribution in [2.24, 2.45) is 0 Å². The van der Waals surface area contributed by atoms with Crippen LogP contribution in [0.15, 0.2) is 67.0 Å². The van der Waals surface area contributed by atoms with Gasteiger partial charge in [-0.1, -0.05) is 51.1 Å². The van der Waals surface area contributed by atoms with Crippen LogP contribution < -0.4 is 0 Å². The minimum atomic E-state index is 0.0681. The summed E-state index contributed by atoms with van der Waals surface area (Å²) < 4.78 is 0. The molecule has 2 aromatic carbocycles. The number of nitrogens with zero attached hydrogens (tertiary/aromatic N) is 2. The lowest BCUT2D eigenvalue weighted by molar-refractivity contribution is 0.596. The minimum absolute atomic E-state index is 0.0681. The first-order valence-electron chi connectivity index (χ1n) is 9.98. The Morgan fingerprint density at radius 2 is 1.61 bits per heavy atom. The summed E-state index contributed by atoms with van der Waals surface area (Å²) in [4.78, 5) is 9.51. The molecule has 0 unspecified atom stereocenters. The van der Waals surface area contributed by atoms with Crippen molar-refractivity contribution >= 4 is 10.8 Å². The van der Waals surface area contributed by atoms with Gasteiger partial charge < -0.3 is 0 Å².